The van der Waals surface area contributed by atoms with E-state index in [0.29, 0.717) is 11.7 Å². The molecule has 0 saturated heterocycles. The molecule has 0 aliphatic heterocycles. The van der Waals surface area contributed by atoms with Gasteiger partial charge in [-0.1, -0.05) is 17.3 Å². The Balaban J connectivity index is 1.34. The van der Waals surface area contributed by atoms with Crippen molar-refractivity contribution in [2.45, 2.75) is 45.3 Å². The van der Waals surface area contributed by atoms with Gasteiger partial charge in [-0.05, 0) is 74.1 Å². The van der Waals surface area contributed by atoms with Crippen molar-refractivity contribution in [3.63, 3.8) is 0 Å². The highest BCUT2D eigenvalue weighted by Gasteiger charge is 2.20. The third-order valence-electron chi connectivity index (χ3n) is 5.26. The molecule has 0 bridgehead atoms. The smallest absolute Gasteiger partial charge is 0.261 e. The van der Waals surface area contributed by atoms with Crippen LogP contribution in [0.5, 0.6) is 11.5 Å². The van der Waals surface area contributed by atoms with Crippen LogP contribution in [0.1, 0.15) is 36.8 Å². The summed E-state index contributed by atoms with van der Waals surface area (Å²) in [6, 6.07) is 13.4. The van der Waals surface area contributed by atoms with E-state index in [1.807, 2.05) is 36.4 Å². The van der Waals surface area contributed by atoms with Crippen molar-refractivity contribution in [1.29, 1.82) is 0 Å². The van der Waals surface area contributed by atoms with Crippen molar-refractivity contribution >= 4 is 5.91 Å². The summed E-state index contributed by atoms with van der Waals surface area (Å²) in [5, 5.41) is 6.77. The number of ether oxygens (including phenoxy) is 2. The van der Waals surface area contributed by atoms with Crippen molar-refractivity contribution in [1.82, 2.24) is 15.5 Å². The number of aromatic nitrogens is 2. The van der Waals surface area contributed by atoms with E-state index in [2.05, 4.69) is 21.5 Å². The molecular weight excluding hydrogens is 382 g/mol. The first-order valence-electron chi connectivity index (χ1n) is 10.2. The molecule has 0 spiro atoms. The Kier molecular flexibility index (Phi) is 5.97. The number of fused-ring (bicyclic) bond motifs is 1. The molecule has 1 aliphatic rings. The third kappa shape index (κ3) is 4.45. The molecular formula is C23H25N3O4. The zero-order valence-corrected chi connectivity index (χ0v) is 17.2. The van der Waals surface area contributed by atoms with Crippen LogP contribution in [0.2, 0.25) is 0 Å². The molecule has 2 aromatic carbocycles. The maximum atomic E-state index is 12.5. The first kappa shape index (κ1) is 19.9. The predicted molar refractivity (Wildman–Crippen MR) is 111 cm³/mol. The lowest BCUT2D eigenvalue weighted by Gasteiger charge is -2.21. The van der Waals surface area contributed by atoms with Gasteiger partial charge in [0.25, 0.3) is 5.91 Å². The van der Waals surface area contributed by atoms with Crippen LogP contribution in [0.15, 0.2) is 47.0 Å². The molecule has 1 N–H and O–H groups in total. The summed E-state index contributed by atoms with van der Waals surface area (Å²) >= 11 is 0. The number of nitrogens with zero attached hydrogens (tertiary/aromatic N) is 2. The minimum atomic E-state index is -0.623. The van der Waals surface area contributed by atoms with Crippen LogP contribution in [0.3, 0.4) is 0 Å². The summed E-state index contributed by atoms with van der Waals surface area (Å²) in [5.41, 5.74) is 3.36. The number of aryl methyl sites for hydroxylation is 1. The molecule has 0 saturated carbocycles. The normalized spacial score (nSPS) is 13.9. The summed E-state index contributed by atoms with van der Waals surface area (Å²) < 4.78 is 16.4. The van der Waals surface area contributed by atoms with Gasteiger partial charge in [0.2, 0.25) is 11.7 Å². The van der Waals surface area contributed by atoms with E-state index in [4.69, 9.17) is 14.0 Å². The van der Waals surface area contributed by atoms with Gasteiger partial charge in [-0.15, -0.1) is 0 Å². The minimum absolute atomic E-state index is 0.141. The molecule has 0 unspecified atom stereocenters. The number of nitrogens with one attached hydrogen (secondary N) is 1. The Hall–Kier alpha value is -3.35. The Bertz CT molecular complexity index is 1010. The van der Waals surface area contributed by atoms with Gasteiger partial charge >= 0.3 is 0 Å². The lowest BCUT2D eigenvalue weighted by molar-refractivity contribution is -0.127. The number of hydrogen-bond acceptors (Lipinski definition) is 6. The van der Waals surface area contributed by atoms with Gasteiger partial charge < -0.3 is 19.3 Å². The van der Waals surface area contributed by atoms with Crippen molar-refractivity contribution in [3.05, 3.63) is 59.5 Å². The minimum Gasteiger partial charge on any atom is -0.497 e. The highest BCUT2D eigenvalue weighted by molar-refractivity contribution is 5.80. The van der Waals surface area contributed by atoms with E-state index in [0.717, 1.165) is 36.3 Å². The number of methoxy groups -OCH3 is 1. The second kappa shape index (κ2) is 8.98. The average molecular weight is 407 g/mol. The fourth-order valence-electron chi connectivity index (χ4n) is 3.59. The highest BCUT2D eigenvalue weighted by atomic mass is 16.5. The Morgan fingerprint density at radius 3 is 2.77 bits per heavy atom. The lowest BCUT2D eigenvalue weighted by Crippen LogP contribution is -2.36. The maximum Gasteiger partial charge on any atom is 0.261 e. The molecule has 1 heterocycles. The SMILES string of the molecule is COc1ccc(-c2noc(CNC(=O)[C@H](C)Oc3cccc4c3CCCC4)n2)cc1. The molecule has 0 radical (unpaired) electrons. The highest BCUT2D eigenvalue weighted by Crippen LogP contribution is 2.30. The van der Waals surface area contributed by atoms with Crippen molar-refractivity contribution < 1.29 is 18.8 Å². The van der Waals surface area contributed by atoms with Crippen molar-refractivity contribution in [2.75, 3.05) is 7.11 Å². The van der Waals surface area contributed by atoms with Gasteiger partial charge in [-0.2, -0.15) is 4.98 Å². The van der Waals surface area contributed by atoms with Crippen LogP contribution in [0.25, 0.3) is 11.4 Å². The van der Waals surface area contributed by atoms with Gasteiger partial charge in [0.15, 0.2) is 6.10 Å². The standard InChI is InChI=1S/C23H25N3O4/c1-15(29-20-9-5-7-16-6-3-4-8-19(16)20)23(27)24-14-21-25-22(26-30-21)17-10-12-18(28-2)13-11-17/h5,7,9-13,15H,3-4,6,8,14H2,1-2H3,(H,24,27)/t15-/m0/s1. The fraction of sp³-hybridized carbons (Fsp3) is 0.348. The van der Waals surface area contributed by atoms with Crippen LogP contribution < -0.4 is 14.8 Å². The van der Waals surface area contributed by atoms with Gasteiger partial charge in [0.1, 0.15) is 11.5 Å². The van der Waals surface area contributed by atoms with Crippen LogP contribution in [0, 0.1) is 0 Å². The van der Waals surface area contributed by atoms with Gasteiger partial charge in [0, 0.05) is 5.56 Å². The number of amides is 1. The van der Waals surface area contributed by atoms with Gasteiger partial charge in [-0.25, -0.2) is 0 Å². The summed E-state index contributed by atoms with van der Waals surface area (Å²) in [6.45, 7) is 1.89. The fourth-order valence-corrected chi connectivity index (χ4v) is 3.59. The molecule has 7 nitrogen and oxygen atoms in total. The van der Waals surface area contributed by atoms with E-state index in [9.17, 15) is 4.79 Å². The third-order valence-corrected chi connectivity index (χ3v) is 5.26. The number of hydrogen-bond donors (Lipinski definition) is 1. The summed E-state index contributed by atoms with van der Waals surface area (Å²) in [4.78, 5) is 16.8. The van der Waals surface area contributed by atoms with E-state index in [1.165, 1.54) is 17.5 Å². The van der Waals surface area contributed by atoms with Crippen molar-refractivity contribution in [3.8, 4) is 22.9 Å². The Morgan fingerprint density at radius 2 is 1.97 bits per heavy atom. The second-order valence-electron chi connectivity index (χ2n) is 7.32. The quantitative estimate of drug-likeness (QED) is 0.643. The van der Waals surface area contributed by atoms with Crippen LogP contribution in [-0.2, 0) is 24.2 Å². The zero-order chi connectivity index (χ0) is 20.9. The van der Waals surface area contributed by atoms with E-state index in [1.54, 1.807) is 14.0 Å². The van der Waals surface area contributed by atoms with E-state index >= 15 is 0 Å². The second-order valence-corrected chi connectivity index (χ2v) is 7.32. The number of carbonyl (C=O) groups is 1. The summed E-state index contributed by atoms with van der Waals surface area (Å²) in [5.74, 6) is 2.12. The van der Waals surface area contributed by atoms with Gasteiger partial charge in [-0.3, -0.25) is 4.79 Å². The lowest BCUT2D eigenvalue weighted by atomic mass is 9.91. The van der Waals surface area contributed by atoms with Crippen LogP contribution in [-0.4, -0.2) is 29.3 Å². The molecule has 30 heavy (non-hydrogen) atoms. The average Bonchev–Trinajstić information content (AvgIpc) is 3.27. The number of carbonyl (C=O) groups excluding carboxylic acids is 1. The van der Waals surface area contributed by atoms with E-state index in [-0.39, 0.29) is 12.5 Å². The molecule has 1 atom stereocenters. The summed E-state index contributed by atoms with van der Waals surface area (Å²) in [7, 11) is 1.61. The molecule has 7 heteroatoms. The Morgan fingerprint density at radius 1 is 1.17 bits per heavy atom. The molecule has 1 aliphatic carbocycles. The molecule has 1 aromatic heterocycles. The molecule has 156 valence electrons. The first-order valence-corrected chi connectivity index (χ1v) is 10.2. The topological polar surface area (TPSA) is 86.5 Å². The maximum absolute atomic E-state index is 12.5. The monoisotopic (exact) mass is 407 g/mol. The van der Waals surface area contributed by atoms with E-state index < -0.39 is 6.10 Å². The van der Waals surface area contributed by atoms with Gasteiger partial charge in [0.05, 0.1) is 13.7 Å². The van der Waals surface area contributed by atoms with Crippen LogP contribution >= 0.6 is 0 Å². The largest absolute Gasteiger partial charge is 0.497 e. The summed E-state index contributed by atoms with van der Waals surface area (Å²) in [6.07, 6.45) is 3.80. The molecule has 4 rings (SSSR count). The zero-order valence-electron chi connectivity index (χ0n) is 17.2. The predicted octanol–water partition coefficient (Wildman–Crippen LogP) is 3.71. The van der Waals surface area contributed by atoms with Crippen LogP contribution in [0.4, 0.5) is 0 Å². The first-order chi connectivity index (χ1) is 14.6. The number of benzene rings is 2. The number of rotatable bonds is 7. The Labute approximate surface area is 175 Å². The molecule has 0 fully saturated rings. The molecule has 3 aromatic rings. The molecule has 1 amide bonds. The van der Waals surface area contributed by atoms with Crippen molar-refractivity contribution in [2.24, 2.45) is 0 Å².